The zero-order chi connectivity index (χ0) is 14.8. The van der Waals surface area contributed by atoms with Gasteiger partial charge in [-0.25, -0.2) is 13.6 Å². The summed E-state index contributed by atoms with van der Waals surface area (Å²) in [4.78, 5) is 13.5. The first-order chi connectivity index (χ1) is 8.62. The third kappa shape index (κ3) is 3.90. The van der Waals surface area contributed by atoms with Crippen molar-refractivity contribution in [1.82, 2.24) is 4.90 Å². The fourth-order valence-corrected chi connectivity index (χ4v) is 2.45. The number of nitrogens with zero attached hydrogens (tertiary/aromatic N) is 1. The number of carbonyl (C=O) groups is 1. The molecule has 104 valence electrons. The van der Waals surface area contributed by atoms with Gasteiger partial charge in [0.1, 0.15) is 0 Å². The van der Waals surface area contributed by atoms with Crippen molar-refractivity contribution in [3.05, 3.63) is 41.5 Å². The van der Waals surface area contributed by atoms with E-state index in [-0.39, 0.29) is 10.5 Å². The number of primary sulfonamides is 1. The van der Waals surface area contributed by atoms with Gasteiger partial charge in [-0.3, -0.25) is 4.79 Å². The molecule has 0 radical (unpaired) electrons. The number of carbonyl (C=O) groups excluding carboxylic acids is 1. The quantitative estimate of drug-likeness (QED) is 0.845. The number of likely N-dealkylation sites (N-methyl/N-ethyl adjacent to an activating group) is 1. The maximum Gasteiger partial charge on any atom is 0.255 e. The Labute approximate surface area is 113 Å². The fraction of sp³-hybridized carbons (Fsp3) is 0.308. The topological polar surface area (TPSA) is 80.5 Å². The van der Waals surface area contributed by atoms with E-state index in [1.165, 1.54) is 17.0 Å². The van der Waals surface area contributed by atoms with E-state index in [9.17, 15) is 13.2 Å². The Morgan fingerprint density at radius 3 is 2.47 bits per heavy atom. The van der Waals surface area contributed by atoms with E-state index < -0.39 is 15.9 Å². The average Bonchev–Trinajstić information content (AvgIpc) is 2.25. The maximum absolute atomic E-state index is 12.3. The van der Waals surface area contributed by atoms with Gasteiger partial charge in [0.2, 0.25) is 10.0 Å². The highest BCUT2D eigenvalue weighted by molar-refractivity contribution is 7.89. The van der Waals surface area contributed by atoms with Crippen molar-refractivity contribution >= 4 is 15.9 Å². The van der Waals surface area contributed by atoms with Crippen molar-refractivity contribution in [3.63, 3.8) is 0 Å². The van der Waals surface area contributed by atoms with Crippen LogP contribution in [0.5, 0.6) is 0 Å². The second kappa shape index (κ2) is 5.54. The summed E-state index contributed by atoms with van der Waals surface area (Å²) in [6.07, 6.45) is 0. The first-order valence-corrected chi connectivity index (χ1v) is 7.21. The number of aryl methyl sites for hydroxylation is 1. The molecule has 0 fully saturated rings. The molecule has 0 unspecified atom stereocenters. The molecule has 0 bridgehead atoms. The molecule has 0 heterocycles. The van der Waals surface area contributed by atoms with Crippen molar-refractivity contribution < 1.29 is 13.2 Å². The normalized spacial score (nSPS) is 11.2. The van der Waals surface area contributed by atoms with E-state index in [2.05, 4.69) is 6.58 Å². The largest absolute Gasteiger partial charge is 0.338 e. The molecule has 0 aliphatic carbocycles. The van der Waals surface area contributed by atoms with E-state index >= 15 is 0 Å². The molecule has 0 saturated carbocycles. The van der Waals surface area contributed by atoms with Gasteiger partial charge in [0.15, 0.2) is 0 Å². The first-order valence-electron chi connectivity index (χ1n) is 5.66. The van der Waals surface area contributed by atoms with Gasteiger partial charge in [0, 0.05) is 13.6 Å². The number of benzene rings is 1. The van der Waals surface area contributed by atoms with Crippen LogP contribution in [0.1, 0.15) is 22.8 Å². The van der Waals surface area contributed by atoms with E-state index in [1.807, 2.05) is 0 Å². The average molecular weight is 282 g/mol. The predicted octanol–water partition coefficient (Wildman–Crippen LogP) is 1.29. The lowest BCUT2D eigenvalue weighted by Crippen LogP contribution is -2.30. The minimum absolute atomic E-state index is 0.0891. The number of nitrogens with two attached hydrogens (primary N) is 1. The van der Waals surface area contributed by atoms with Crippen molar-refractivity contribution in [3.8, 4) is 0 Å². The number of sulfonamides is 1. The molecule has 0 aromatic heterocycles. The summed E-state index contributed by atoms with van der Waals surface area (Å²) in [7, 11) is -2.34. The lowest BCUT2D eigenvalue weighted by Gasteiger charge is -2.19. The summed E-state index contributed by atoms with van der Waals surface area (Å²) in [6.45, 7) is 7.65. The molecule has 0 spiro atoms. The second-order valence-electron chi connectivity index (χ2n) is 4.66. The van der Waals surface area contributed by atoms with Crippen LogP contribution in [0.4, 0.5) is 0 Å². The number of hydrogen-bond acceptors (Lipinski definition) is 3. The van der Waals surface area contributed by atoms with Crippen LogP contribution in [0.3, 0.4) is 0 Å². The third-order valence-corrected chi connectivity index (χ3v) is 3.49. The molecule has 0 saturated heterocycles. The third-order valence-electron chi connectivity index (χ3n) is 2.53. The molecule has 19 heavy (non-hydrogen) atoms. The Bertz CT molecular complexity index is 621. The molecule has 0 aliphatic heterocycles. The highest BCUT2D eigenvalue weighted by Gasteiger charge is 2.21. The molecule has 5 nitrogen and oxygen atoms in total. The van der Waals surface area contributed by atoms with Crippen LogP contribution in [-0.4, -0.2) is 32.8 Å². The Kier molecular flexibility index (Phi) is 4.49. The second-order valence-corrected chi connectivity index (χ2v) is 6.19. The van der Waals surface area contributed by atoms with Gasteiger partial charge in [0.05, 0.1) is 10.5 Å². The summed E-state index contributed by atoms with van der Waals surface area (Å²) < 4.78 is 23.0. The molecule has 1 rings (SSSR count). The molecule has 1 aromatic rings. The number of amides is 1. The van der Waals surface area contributed by atoms with Crippen molar-refractivity contribution in [2.24, 2.45) is 5.14 Å². The van der Waals surface area contributed by atoms with Gasteiger partial charge in [-0.2, -0.15) is 0 Å². The predicted molar refractivity (Wildman–Crippen MR) is 74.3 cm³/mol. The van der Waals surface area contributed by atoms with Crippen molar-refractivity contribution in [2.45, 2.75) is 18.7 Å². The zero-order valence-electron chi connectivity index (χ0n) is 11.3. The summed E-state index contributed by atoms with van der Waals surface area (Å²) in [5, 5.41) is 5.13. The molecule has 2 N–H and O–H groups in total. The highest BCUT2D eigenvalue weighted by atomic mass is 32.2. The maximum atomic E-state index is 12.3. The van der Waals surface area contributed by atoms with Crippen LogP contribution < -0.4 is 5.14 Å². The van der Waals surface area contributed by atoms with Crippen LogP contribution >= 0.6 is 0 Å². The molecular formula is C13H18N2O3S. The van der Waals surface area contributed by atoms with Crippen LogP contribution in [0.2, 0.25) is 0 Å². The zero-order valence-corrected chi connectivity index (χ0v) is 12.1. The van der Waals surface area contributed by atoms with Crippen LogP contribution in [0.15, 0.2) is 35.2 Å². The standard InChI is InChI=1S/C13H18N2O3S/c1-9(2)8-15(4)13(16)11-7-10(3)5-6-12(11)19(14,17)18/h5-7H,1,8H2,2-4H3,(H2,14,17,18). The molecule has 0 aliphatic rings. The van der Waals surface area contributed by atoms with Gasteiger partial charge >= 0.3 is 0 Å². The minimum Gasteiger partial charge on any atom is -0.338 e. The summed E-state index contributed by atoms with van der Waals surface area (Å²) in [5.74, 6) is -0.393. The Morgan fingerprint density at radius 2 is 2.00 bits per heavy atom. The summed E-state index contributed by atoms with van der Waals surface area (Å²) in [6, 6.07) is 4.48. The molecule has 1 aromatic carbocycles. The van der Waals surface area contributed by atoms with Gasteiger partial charge in [0.25, 0.3) is 5.91 Å². The molecule has 1 amide bonds. The van der Waals surface area contributed by atoms with Crippen molar-refractivity contribution in [2.75, 3.05) is 13.6 Å². The van der Waals surface area contributed by atoms with Gasteiger partial charge in [-0.1, -0.05) is 23.8 Å². The molecular weight excluding hydrogens is 264 g/mol. The summed E-state index contributed by atoms with van der Waals surface area (Å²) >= 11 is 0. The number of hydrogen-bond donors (Lipinski definition) is 1. The van der Waals surface area contributed by atoms with E-state index in [0.29, 0.717) is 6.54 Å². The van der Waals surface area contributed by atoms with E-state index in [4.69, 9.17) is 5.14 Å². The highest BCUT2D eigenvalue weighted by Crippen LogP contribution is 2.18. The Hall–Kier alpha value is -1.66. The minimum atomic E-state index is -3.93. The lowest BCUT2D eigenvalue weighted by atomic mass is 10.1. The fourth-order valence-electron chi connectivity index (χ4n) is 1.74. The van der Waals surface area contributed by atoms with Crippen LogP contribution in [0, 0.1) is 6.92 Å². The van der Waals surface area contributed by atoms with Crippen molar-refractivity contribution in [1.29, 1.82) is 0 Å². The number of rotatable bonds is 4. The first kappa shape index (κ1) is 15.4. The monoisotopic (exact) mass is 282 g/mol. The van der Waals surface area contributed by atoms with Gasteiger partial charge in [-0.15, -0.1) is 0 Å². The summed E-state index contributed by atoms with van der Waals surface area (Å²) in [5.41, 5.74) is 1.69. The molecule has 6 heteroatoms. The van der Waals surface area contributed by atoms with E-state index in [0.717, 1.165) is 11.1 Å². The molecule has 0 atom stereocenters. The van der Waals surface area contributed by atoms with E-state index in [1.54, 1.807) is 27.0 Å². The Balaban J connectivity index is 3.29. The smallest absolute Gasteiger partial charge is 0.255 e. The SMILES string of the molecule is C=C(C)CN(C)C(=O)c1cc(C)ccc1S(N)(=O)=O. The van der Waals surface area contributed by atoms with Crippen LogP contribution in [0.25, 0.3) is 0 Å². The lowest BCUT2D eigenvalue weighted by molar-refractivity contribution is 0.0803. The van der Waals surface area contributed by atoms with Crippen LogP contribution in [-0.2, 0) is 10.0 Å². The van der Waals surface area contributed by atoms with Gasteiger partial charge < -0.3 is 4.90 Å². The Morgan fingerprint density at radius 1 is 1.42 bits per heavy atom. The van der Waals surface area contributed by atoms with Gasteiger partial charge in [-0.05, 0) is 26.0 Å².